The van der Waals surface area contributed by atoms with Crippen molar-refractivity contribution in [3.8, 4) is 5.88 Å². The standard InChI is InChI=1S/C18H24N4O2/c1-14-12-22(18-19-9-8-17(20-18)24-2)11-10-21(14)13-16(23)15-6-4-3-5-7-15/h3-9,14,16,23H,10-13H2,1-2H3/t14-,16-/m1/s1. The van der Waals surface area contributed by atoms with Crippen molar-refractivity contribution in [3.05, 3.63) is 48.2 Å². The average Bonchev–Trinajstić information content (AvgIpc) is 2.64. The lowest BCUT2D eigenvalue weighted by Gasteiger charge is -2.40. The summed E-state index contributed by atoms with van der Waals surface area (Å²) in [5.74, 6) is 1.28. The van der Waals surface area contributed by atoms with Gasteiger partial charge in [-0.2, -0.15) is 4.98 Å². The minimum atomic E-state index is -0.465. The third kappa shape index (κ3) is 3.83. The van der Waals surface area contributed by atoms with Crippen LogP contribution in [0.2, 0.25) is 0 Å². The first kappa shape index (κ1) is 16.7. The lowest BCUT2D eigenvalue weighted by molar-refractivity contribution is 0.0847. The molecule has 0 bridgehead atoms. The Kier molecular flexibility index (Phi) is 5.27. The van der Waals surface area contributed by atoms with Crippen LogP contribution in [-0.4, -0.2) is 59.3 Å². The van der Waals surface area contributed by atoms with Gasteiger partial charge in [0.15, 0.2) is 0 Å². The fraction of sp³-hybridized carbons (Fsp3) is 0.444. The molecule has 6 heteroatoms. The summed E-state index contributed by atoms with van der Waals surface area (Å²) in [5.41, 5.74) is 0.961. The number of nitrogens with zero attached hydrogens (tertiary/aromatic N) is 4. The van der Waals surface area contributed by atoms with E-state index < -0.39 is 6.10 Å². The van der Waals surface area contributed by atoms with Crippen molar-refractivity contribution in [1.29, 1.82) is 0 Å². The number of hydrogen-bond donors (Lipinski definition) is 1. The summed E-state index contributed by atoms with van der Waals surface area (Å²) in [4.78, 5) is 13.2. The van der Waals surface area contributed by atoms with Crippen molar-refractivity contribution in [2.45, 2.75) is 19.1 Å². The molecular formula is C18H24N4O2. The summed E-state index contributed by atoms with van der Waals surface area (Å²) >= 11 is 0. The predicted octanol–water partition coefficient (Wildman–Crippen LogP) is 1.73. The van der Waals surface area contributed by atoms with E-state index in [9.17, 15) is 5.11 Å². The fourth-order valence-electron chi connectivity index (χ4n) is 3.05. The van der Waals surface area contributed by atoms with E-state index in [-0.39, 0.29) is 0 Å². The molecule has 0 unspecified atom stereocenters. The largest absolute Gasteiger partial charge is 0.481 e. The third-order valence-corrected chi connectivity index (χ3v) is 4.47. The molecular weight excluding hydrogens is 304 g/mol. The van der Waals surface area contributed by atoms with E-state index in [1.54, 1.807) is 19.4 Å². The van der Waals surface area contributed by atoms with Gasteiger partial charge in [-0.3, -0.25) is 4.90 Å². The number of benzene rings is 1. The second kappa shape index (κ2) is 7.59. The predicted molar refractivity (Wildman–Crippen MR) is 93.2 cm³/mol. The quantitative estimate of drug-likeness (QED) is 0.902. The van der Waals surface area contributed by atoms with Gasteiger partial charge in [-0.25, -0.2) is 4.98 Å². The number of aromatic nitrogens is 2. The zero-order valence-corrected chi connectivity index (χ0v) is 14.2. The molecule has 1 aliphatic rings. The van der Waals surface area contributed by atoms with Gasteiger partial charge in [0.1, 0.15) is 0 Å². The van der Waals surface area contributed by atoms with Gasteiger partial charge in [0.05, 0.1) is 13.2 Å². The molecule has 3 rings (SSSR count). The zero-order chi connectivity index (χ0) is 16.9. The lowest BCUT2D eigenvalue weighted by atomic mass is 10.1. The Balaban J connectivity index is 1.61. The van der Waals surface area contributed by atoms with Crippen molar-refractivity contribution in [2.24, 2.45) is 0 Å². The van der Waals surface area contributed by atoms with E-state index >= 15 is 0 Å². The normalized spacial score (nSPS) is 20.0. The van der Waals surface area contributed by atoms with Crippen LogP contribution >= 0.6 is 0 Å². The number of aliphatic hydroxyl groups excluding tert-OH is 1. The van der Waals surface area contributed by atoms with E-state index in [1.807, 2.05) is 30.3 Å². The van der Waals surface area contributed by atoms with Gasteiger partial charge in [0, 0.05) is 44.5 Å². The molecule has 2 atom stereocenters. The molecule has 1 aliphatic heterocycles. The van der Waals surface area contributed by atoms with Gasteiger partial charge >= 0.3 is 0 Å². The maximum Gasteiger partial charge on any atom is 0.228 e. The first-order valence-corrected chi connectivity index (χ1v) is 8.26. The summed E-state index contributed by atoms with van der Waals surface area (Å²) < 4.78 is 5.17. The number of methoxy groups -OCH3 is 1. The van der Waals surface area contributed by atoms with Crippen molar-refractivity contribution < 1.29 is 9.84 Å². The van der Waals surface area contributed by atoms with Crippen LogP contribution in [0.25, 0.3) is 0 Å². The van der Waals surface area contributed by atoms with E-state index in [0.29, 0.717) is 24.4 Å². The Morgan fingerprint density at radius 1 is 1.25 bits per heavy atom. The van der Waals surface area contributed by atoms with Crippen LogP contribution in [0.4, 0.5) is 5.95 Å². The highest BCUT2D eigenvalue weighted by Gasteiger charge is 2.27. The Bertz CT molecular complexity index is 652. The van der Waals surface area contributed by atoms with Crippen LogP contribution in [0.15, 0.2) is 42.6 Å². The molecule has 1 N–H and O–H groups in total. The van der Waals surface area contributed by atoms with Crippen LogP contribution in [0.1, 0.15) is 18.6 Å². The van der Waals surface area contributed by atoms with Gasteiger partial charge in [-0.05, 0) is 12.5 Å². The molecule has 2 aromatic rings. The van der Waals surface area contributed by atoms with Gasteiger partial charge in [0.2, 0.25) is 11.8 Å². The van der Waals surface area contributed by atoms with E-state index in [1.165, 1.54) is 0 Å². The summed E-state index contributed by atoms with van der Waals surface area (Å²) in [6.45, 7) is 5.33. The van der Waals surface area contributed by atoms with Crippen molar-refractivity contribution in [2.75, 3.05) is 38.2 Å². The minimum Gasteiger partial charge on any atom is -0.481 e. The molecule has 0 radical (unpaired) electrons. The number of aliphatic hydroxyl groups is 1. The number of piperazine rings is 1. The molecule has 1 saturated heterocycles. The van der Waals surface area contributed by atoms with Crippen LogP contribution in [0, 0.1) is 0 Å². The van der Waals surface area contributed by atoms with Crippen molar-refractivity contribution >= 4 is 5.95 Å². The molecule has 24 heavy (non-hydrogen) atoms. The van der Waals surface area contributed by atoms with Gasteiger partial charge < -0.3 is 14.7 Å². The Morgan fingerprint density at radius 3 is 2.75 bits per heavy atom. The SMILES string of the molecule is COc1ccnc(N2CCN(C[C@@H](O)c3ccccc3)[C@H](C)C2)n1. The monoisotopic (exact) mass is 328 g/mol. The summed E-state index contributed by atoms with van der Waals surface area (Å²) in [7, 11) is 1.61. The number of rotatable bonds is 5. The molecule has 6 nitrogen and oxygen atoms in total. The first-order chi connectivity index (χ1) is 11.7. The van der Waals surface area contributed by atoms with Crippen LogP contribution in [0.5, 0.6) is 5.88 Å². The number of β-amino-alcohol motifs (C(OH)–C–C–N with tert-alkyl or cyclic N) is 1. The van der Waals surface area contributed by atoms with Crippen LogP contribution in [0.3, 0.4) is 0 Å². The van der Waals surface area contributed by atoms with E-state index in [2.05, 4.69) is 26.7 Å². The van der Waals surface area contributed by atoms with Crippen LogP contribution in [-0.2, 0) is 0 Å². The van der Waals surface area contributed by atoms with Crippen molar-refractivity contribution in [1.82, 2.24) is 14.9 Å². The van der Waals surface area contributed by atoms with E-state index in [4.69, 9.17) is 4.74 Å². The Morgan fingerprint density at radius 2 is 2.04 bits per heavy atom. The highest BCUT2D eigenvalue weighted by molar-refractivity contribution is 5.33. The number of ether oxygens (including phenoxy) is 1. The summed E-state index contributed by atoms with van der Waals surface area (Å²) in [6.07, 6.45) is 1.26. The third-order valence-electron chi connectivity index (χ3n) is 4.47. The van der Waals surface area contributed by atoms with Crippen LogP contribution < -0.4 is 9.64 Å². The molecule has 0 amide bonds. The maximum atomic E-state index is 10.4. The molecule has 0 spiro atoms. The molecule has 1 fully saturated rings. The molecule has 0 saturated carbocycles. The lowest BCUT2D eigenvalue weighted by Crippen LogP contribution is -2.53. The second-order valence-corrected chi connectivity index (χ2v) is 6.12. The smallest absolute Gasteiger partial charge is 0.228 e. The van der Waals surface area contributed by atoms with Gasteiger partial charge in [-0.15, -0.1) is 0 Å². The molecule has 128 valence electrons. The highest BCUT2D eigenvalue weighted by Crippen LogP contribution is 2.20. The molecule has 1 aromatic carbocycles. The van der Waals surface area contributed by atoms with E-state index in [0.717, 1.165) is 25.2 Å². The van der Waals surface area contributed by atoms with Gasteiger partial charge in [-0.1, -0.05) is 30.3 Å². The average molecular weight is 328 g/mol. The molecule has 2 heterocycles. The van der Waals surface area contributed by atoms with Crippen molar-refractivity contribution in [3.63, 3.8) is 0 Å². The minimum absolute atomic E-state index is 0.312. The highest BCUT2D eigenvalue weighted by atomic mass is 16.5. The first-order valence-electron chi connectivity index (χ1n) is 8.26. The summed E-state index contributed by atoms with van der Waals surface area (Å²) in [6, 6.07) is 11.9. The second-order valence-electron chi connectivity index (χ2n) is 6.12. The number of anilines is 1. The zero-order valence-electron chi connectivity index (χ0n) is 14.2. The maximum absolute atomic E-state index is 10.4. The van der Waals surface area contributed by atoms with Gasteiger partial charge in [0.25, 0.3) is 0 Å². The summed E-state index contributed by atoms with van der Waals surface area (Å²) in [5, 5.41) is 10.4. The molecule has 1 aromatic heterocycles. The Labute approximate surface area is 142 Å². The number of hydrogen-bond acceptors (Lipinski definition) is 6. The molecule has 0 aliphatic carbocycles. The fourth-order valence-corrected chi connectivity index (χ4v) is 3.05. The Hall–Kier alpha value is -2.18. The topological polar surface area (TPSA) is 61.7 Å².